The zero-order valence-electron chi connectivity index (χ0n) is 13.8. The zero-order valence-corrected chi connectivity index (χ0v) is 14.6. The maximum Gasteiger partial charge on any atom is 0.317 e. The van der Waals surface area contributed by atoms with Gasteiger partial charge in [0.1, 0.15) is 0 Å². The number of hydrogen-bond acceptors (Lipinski definition) is 4. The summed E-state index contributed by atoms with van der Waals surface area (Å²) in [6.07, 6.45) is 2.74. The van der Waals surface area contributed by atoms with Gasteiger partial charge in [-0.1, -0.05) is 20.8 Å². The largest absolute Gasteiger partial charge is 0.396 e. The summed E-state index contributed by atoms with van der Waals surface area (Å²) in [7, 11) is 0. The van der Waals surface area contributed by atoms with E-state index >= 15 is 0 Å². The number of carbonyl (C=O) groups is 1. The van der Waals surface area contributed by atoms with Crippen LogP contribution in [-0.4, -0.2) is 47.3 Å². The summed E-state index contributed by atoms with van der Waals surface area (Å²) in [5, 5.41) is 15.4. The van der Waals surface area contributed by atoms with Gasteiger partial charge < -0.3 is 15.3 Å². The summed E-state index contributed by atoms with van der Waals surface area (Å²) < 4.78 is 0. The van der Waals surface area contributed by atoms with Gasteiger partial charge in [-0.2, -0.15) is 0 Å². The van der Waals surface area contributed by atoms with Crippen molar-refractivity contribution in [1.29, 1.82) is 0 Å². The molecule has 0 radical (unpaired) electrons. The van der Waals surface area contributed by atoms with Crippen LogP contribution in [0.5, 0.6) is 0 Å². The molecule has 1 aromatic rings. The van der Waals surface area contributed by atoms with Crippen LogP contribution >= 0.6 is 11.3 Å². The van der Waals surface area contributed by atoms with E-state index < -0.39 is 0 Å². The second kappa shape index (κ2) is 7.42. The Morgan fingerprint density at radius 2 is 2.32 bits per heavy atom. The van der Waals surface area contributed by atoms with Gasteiger partial charge in [0.05, 0.1) is 10.7 Å². The van der Waals surface area contributed by atoms with E-state index in [0.717, 1.165) is 36.5 Å². The number of carbonyl (C=O) groups excluding carboxylic acids is 1. The summed E-state index contributed by atoms with van der Waals surface area (Å²) >= 11 is 1.68. The number of rotatable bonds is 4. The first-order chi connectivity index (χ1) is 10.4. The van der Waals surface area contributed by atoms with Crippen LogP contribution in [0.2, 0.25) is 0 Å². The predicted molar refractivity (Wildman–Crippen MR) is 89.3 cm³/mol. The second-order valence-electron chi connectivity index (χ2n) is 7.01. The Kier molecular flexibility index (Phi) is 5.81. The van der Waals surface area contributed by atoms with E-state index in [1.54, 1.807) is 11.3 Å². The lowest BCUT2D eigenvalue weighted by atomic mass is 9.98. The Bertz CT molecular complexity index is 496. The summed E-state index contributed by atoms with van der Waals surface area (Å²) in [5.41, 5.74) is 1.13. The van der Waals surface area contributed by atoms with E-state index in [-0.39, 0.29) is 24.0 Å². The van der Waals surface area contributed by atoms with E-state index in [1.807, 2.05) is 4.90 Å². The molecule has 1 aliphatic rings. The molecule has 2 rings (SSSR count). The molecule has 2 amide bonds. The van der Waals surface area contributed by atoms with Crippen molar-refractivity contribution < 1.29 is 9.90 Å². The third kappa shape index (κ3) is 4.68. The Morgan fingerprint density at radius 1 is 1.55 bits per heavy atom. The lowest BCUT2D eigenvalue weighted by Crippen LogP contribution is -2.46. The smallest absolute Gasteiger partial charge is 0.317 e. The van der Waals surface area contributed by atoms with Gasteiger partial charge in [-0.25, -0.2) is 9.78 Å². The van der Waals surface area contributed by atoms with Gasteiger partial charge in [0.15, 0.2) is 0 Å². The summed E-state index contributed by atoms with van der Waals surface area (Å²) in [6.45, 7) is 8.69. The van der Waals surface area contributed by atoms with Gasteiger partial charge in [-0.3, -0.25) is 0 Å². The molecule has 22 heavy (non-hydrogen) atoms. The van der Waals surface area contributed by atoms with Crippen molar-refractivity contribution in [2.75, 3.05) is 26.2 Å². The Hall–Kier alpha value is -1.14. The molecular formula is C16H27N3O2S. The van der Waals surface area contributed by atoms with Crippen molar-refractivity contribution in [1.82, 2.24) is 15.2 Å². The number of nitrogens with one attached hydrogen (secondary N) is 1. The van der Waals surface area contributed by atoms with Crippen LogP contribution in [0.1, 0.15) is 44.3 Å². The van der Waals surface area contributed by atoms with Crippen molar-refractivity contribution in [3.8, 4) is 0 Å². The zero-order chi connectivity index (χ0) is 16.2. The van der Waals surface area contributed by atoms with Crippen LogP contribution in [0.15, 0.2) is 5.38 Å². The normalized spacial score (nSPS) is 19.3. The molecule has 124 valence electrons. The first-order valence-corrected chi connectivity index (χ1v) is 8.86. The van der Waals surface area contributed by atoms with Crippen molar-refractivity contribution >= 4 is 17.4 Å². The third-order valence-corrected chi connectivity index (χ3v) is 5.23. The molecule has 2 heterocycles. The molecule has 1 aliphatic heterocycles. The Morgan fingerprint density at radius 3 is 2.95 bits per heavy atom. The number of thiazole rings is 1. The van der Waals surface area contributed by atoms with Gasteiger partial charge in [0.25, 0.3) is 0 Å². The summed E-state index contributed by atoms with van der Waals surface area (Å²) in [4.78, 5) is 18.6. The number of aliphatic hydroxyl groups is 1. The maximum atomic E-state index is 12.1. The molecule has 1 unspecified atom stereocenters. The average Bonchev–Trinajstić information content (AvgIpc) is 2.96. The molecule has 0 spiro atoms. The number of likely N-dealkylation sites (tertiary alicyclic amines) is 1. The molecule has 6 heteroatoms. The van der Waals surface area contributed by atoms with Gasteiger partial charge in [-0.05, 0) is 18.8 Å². The number of amides is 2. The fourth-order valence-corrected chi connectivity index (χ4v) is 3.52. The van der Waals surface area contributed by atoms with E-state index in [1.165, 1.54) is 0 Å². The average molecular weight is 325 g/mol. The molecule has 2 N–H and O–H groups in total. The standard InChI is InChI=1S/C16H27N3O2S/c1-16(2,3)14-18-13(11-22-14)6-7-17-15(21)19-8-4-5-12(9-19)10-20/h11-12,20H,4-10H2,1-3H3,(H,17,21). The van der Waals surface area contributed by atoms with Crippen molar-refractivity contribution in [3.63, 3.8) is 0 Å². The maximum absolute atomic E-state index is 12.1. The van der Waals surface area contributed by atoms with Crippen LogP contribution in [0.3, 0.4) is 0 Å². The molecule has 0 aromatic carbocycles. The highest BCUT2D eigenvalue weighted by atomic mass is 32.1. The number of urea groups is 1. The monoisotopic (exact) mass is 325 g/mol. The van der Waals surface area contributed by atoms with Gasteiger partial charge in [0, 0.05) is 43.5 Å². The molecule has 5 nitrogen and oxygen atoms in total. The van der Waals surface area contributed by atoms with E-state index in [2.05, 4.69) is 36.5 Å². The number of aromatic nitrogens is 1. The first-order valence-electron chi connectivity index (χ1n) is 7.98. The molecule has 1 aromatic heterocycles. The highest BCUT2D eigenvalue weighted by Gasteiger charge is 2.23. The number of hydrogen-bond donors (Lipinski definition) is 2. The molecule has 0 bridgehead atoms. The molecule has 1 atom stereocenters. The van der Waals surface area contributed by atoms with Crippen LogP contribution in [-0.2, 0) is 11.8 Å². The Labute approximate surface area is 136 Å². The van der Waals surface area contributed by atoms with Gasteiger partial charge in [-0.15, -0.1) is 11.3 Å². The molecule has 1 saturated heterocycles. The minimum atomic E-state index is -0.0237. The van der Waals surface area contributed by atoms with Crippen LogP contribution in [0.4, 0.5) is 4.79 Å². The minimum Gasteiger partial charge on any atom is -0.396 e. The molecule has 0 saturated carbocycles. The number of aliphatic hydroxyl groups excluding tert-OH is 1. The second-order valence-corrected chi connectivity index (χ2v) is 7.87. The van der Waals surface area contributed by atoms with Gasteiger partial charge in [0.2, 0.25) is 0 Å². The van der Waals surface area contributed by atoms with Crippen LogP contribution < -0.4 is 5.32 Å². The fourth-order valence-electron chi connectivity index (χ4n) is 2.57. The van der Waals surface area contributed by atoms with Crippen molar-refractivity contribution in [2.24, 2.45) is 5.92 Å². The third-order valence-electron chi connectivity index (χ3n) is 3.92. The molecule has 0 aliphatic carbocycles. The van der Waals surface area contributed by atoms with Crippen molar-refractivity contribution in [2.45, 2.75) is 45.4 Å². The van der Waals surface area contributed by atoms with E-state index in [0.29, 0.717) is 13.1 Å². The highest BCUT2D eigenvalue weighted by molar-refractivity contribution is 7.09. The quantitative estimate of drug-likeness (QED) is 0.893. The number of piperidine rings is 1. The summed E-state index contributed by atoms with van der Waals surface area (Å²) in [6, 6.07) is -0.0237. The molecular weight excluding hydrogens is 298 g/mol. The summed E-state index contributed by atoms with van der Waals surface area (Å²) in [5.74, 6) is 0.229. The Balaban J connectivity index is 1.76. The molecule has 1 fully saturated rings. The van der Waals surface area contributed by atoms with E-state index in [9.17, 15) is 9.90 Å². The lowest BCUT2D eigenvalue weighted by molar-refractivity contribution is 0.129. The minimum absolute atomic E-state index is 0.0237. The first kappa shape index (κ1) is 17.2. The topological polar surface area (TPSA) is 65.5 Å². The highest BCUT2D eigenvalue weighted by Crippen LogP contribution is 2.25. The number of nitrogens with zero attached hydrogens (tertiary/aromatic N) is 2. The van der Waals surface area contributed by atoms with E-state index in [4.69, 9.17) is 0 Å². The fraction of sp³-hybridized carbons (Fsp3) is 0.750. The lowest BCUT2D eigenvalue weighted by Gasteiger charge is -2.31. The van der Waals surface area contributed by atoms with Crippen LogP contribution in [0, 0.1) is 5.92 Å². The predicted octanol–water partition coefficient (Wildman–Crippen LogP) is 2.40. The van der Waals surface area contributed by atoms with Crippen molar-refractivity contribution in [3.05, 3.63) is 16.1 Å². The van der Waals surface area contributed by atoms with Gasteiger partial charge >= 0.3 is 6.03 Å². The van der Waals surface area contributed by atoms with Crippen LogP contribution in [0.25, 0.3) is 0 Å². The SMILES string of the molecule is CC(C)(C)c1nc(CCNC(=O)N2CCCC(CO)C2)cs1.